The number of carbonyl (C=O) groups excluding carboxylic acids is 1. The Kier molecular flexibility index (Phi) is 4.17. The van der Waals surface area contributed by atoms with Crippen LogP contribution in [0.3, 0.4) is 0 Å². The molecule has 0 N–H and O–H groups in total. The van der Waals surface area contributed by atoms with Crippen molar-refractivity contribution < 1.29 is 9.53 Å². The second-order valence-corrected chi connectivity index (χ2v) is 3.37. The second-order valence-electron chi connectivity index (χ2n) is 3.37. The van der Waals surface area contributed by atoms with Gasteiger partial charge < -0.3 is 4.74 Å². The number of hydrogen-bond acceptors (Lipinski definition) is 2. The first-order valence-corrected chi connectivity index (χ1v) is 4.96. The molecule has 1 rings (SSSR count). The summed E-state index contributed by atoms with van der Waals surface area (Å²) in [6, 6.07) is 8.20. The minimum atomic E-state index is -0.150. The van der Waals surface area contributed by atoms with Gasteiger partial charge in [0.15, 0.2) is 0 Å². The molecule has 2 heteroatoms. The van der Waals surface area contributed by atoms with Gasteiger partial charge in [-0.25, -0.2) is 0 Å². The molecule has 0 saturated carbocycles. The fraction of sp³-hybridized carbons (Fsp3) is 0.417. The Hall–Kier alpha value is -1.31. The van der Waals surface area contributed by atoms with Crippen LogP contribution in [0, 0.1) is 0 Å². The first kappa shape index (κ1) is 10.8. The molecule has 1 aromatic rings. The Bertz CT molecular complexity index is 277. The fourth-order valence-electron chi connectivity index (χ4n) is 1.41. The number of rotatable bonds is 5. The fourth-order valence-corrected chi connectivity index (χ4v) is 1.41. The Labute approximate surface area is 84.9 Å². The van der Waals surface area contributed by atoms with Crippen LogP contribution in [0.2, 0.25) is 0 Å². The average molecular weight is 192 g/mol. The van der Waals surface area contributed by atoms with Crippen molar-refractivity contribution >= 4 is 6.47 Å². The molecule has 14 heavy (non-hydrogen) atoms. The zero-order chi connectivity index (χ0) is 10.4. The summed E-state index contributed by atoms with van der Waals surface area (Å²) in [7, 11) is 0. The lowest BCUT2D eigenvalue weighted by Crippen LogP contribution is -1.98. The highest BCUT2D eigenvalue weighted by molar-refractivity contribution is 5.38. The molecule has 0 fully saturated rings. The van der Waals surface area contributed by atoms with Crippen LogP contribution in [0.4, 0.5) is 0 Å². The van der Waals surface area contributed by atoms with Crippen molar-refractivity contribution in [2.24, 2.45) is 0 Å². The van der Waals surface area contributed by atoms with E-state index in [2.05, 4.69) is 19.1 Å². The van der Waals surface area contributed by atoms with E-state index in [0.717, 1.165) is 18.4 Å². The van der Waals surface area contributed by atoms with Crippen LogP contribution >= 0.6 is 0 Å². The summed E-state index contributed by atoms with van der Waals surface area (Å²) < 4.78 is 4.85. The molecule has 1 atom stereocenters. The van der Waals surface area contributed by atoms with Gasteiger partial charge in [-0.3, -0.25) is 4.79 Å². The Morgan fingerprint density at radius 1 is 1.36 bits per heavy atom. The van der Waals surface area contributed by atoms with Gasteiger partial charge in [0, 0.05) is 0 Å². The zero-order valence-electron chi connectivity index (χ0n) is 8.69. The number of carbonyl (C=O) groups is 1. The third-order valence-corrected chi connectivity index (χ3v) is 2.25. The van der Waals surface area contributed by atoms with Crippen molar-refractivity contribution in [3.05, 3.63) is 35.4 Å². The highest BCUT2D eigenvalue weighted by atomic mass is 16.5. The number of ether oxygens (including phenoxy) is 1. The van der Waals surface area contributed by atoms with Crippen molar-refractivity contribution in [2.75, 3.05) is 0 Å². The van der Waals surface area contributed by atoms with Crippen molar-refractivity contribution in [3.8, 4) is 0 Å². The first-order valence-electron chi connectivity index (χ1n) is 4.96. The molecule has 1 aromatic carbocycles. The Morgan fingerprint density at radius 2 is 2.00 bits per heavy atom. The number of hydrogen-bond donors (Lipinski definition) is 0. The van der Waals surface area contributed by atoms with Gasteiger partial charge in [0.1, 0.15) is 6.10 Å². The van der Waals surface area contributed by atoms with E-state index in [4.69, 9.17) is 4.74 Å². The molecule has 0 saturated heterocycles. The maximum absolute atomic E-state index is 10.1. The molecule has 0 amide bonds. The van der Waals surface area contributed by atoms with Crippen LogP contribution in [0.5, 0.6) is 0 Å². The third-order valence-electron chi connectivity index (χ3n) is 2.25. The molecule has 0 aliphatic rings. The summed E-state index contributed by atoms with van der Waals surface area (Å²) in [5.74, 6) is 0. The van der Waals surface area contributed by atoms with Gasteiger partial charge in [-0.1, -0.05) is 37.6 Å². The Balaban J connectivity index is 2.67. The molecule has 2 nitrogen and oxygen atoms in total. The minimum absolute atomic E-state index is 0.150. The predicted molar refractivity (Wildman–Crippen MR) is 56.0 cm³/mol. The van der Waals surface area contributed by atoms with Crippen LogP contribution in [0.25, 0.3) is 0 Å². The van der Waals surface area contributed by atoms with Crippen LogP contribution < -0.4 is 0 Å². The Morgan fingerprint density at radius 3 is 2.50 bits per heavy atom. The van der Waals surface area contributed by atoms with Gasteiger partial charge in [-0.2, -0.15) is 0 Å². The standard InChI is InChI=1S/C12H16O2/c1-3-4-11-5-7-12(8-6-11)10(2)14-9-13/h5-10H,3-4H2,1-2H3/t10-/m0/s1. The van der Waals surface area contributed by atoms with Gasteiger partial charge in [-0.15, -0.1) is 0 Å². The monoisotopic (exact) mass is 192 g/mol. The largest absolute Gasteiger partial charge is 0.460 e. The highest BCUT2D eigenvalue weighted by Gasteiger charge is 2.04. The summed E-state index contributed by atoms with van der Waals surface area (Å²) in [5.41, 5.74) is 2.37. The normalized spacial score (nSPS) is 12.1. The van der Waals surface area contributed by atoms with Crippen LogP contribution in [0.15, 0.2) is 24.3 Å². The zero-order valence-corrected chi connectivity index (χ0v) is 8.69. The number of benzene rings is 1. The van der Waals surface area contributed by atoms with E-state index in [0.29, 0.717) is 6.47 Å². The van der Waals surface area contributed by atoms with Gasteiger partial charge >= 0.3 is 0 Å². The van der Waals surface area contributed by atoms with Gasteiger partial charge in [-0.05, 0) is 24.5 Å². The molecule has 0 aliphatic carbocycles. The van der Waals surface area contributed by atoms with Crippen molar-refractivity contribution in [2.45, 2.75) is 32.8 Å². The molecule has 0 radical (unpaired) electrons. The molecule has 0 spiro atoms. The van der Waals surface area contributed by atoms with Gasteiger partial charge in [0.2, 0.25) is 0 Å². The summed E-state index contributed by atoms with van der Waals surface area (Å²) >= 11 is 0. The topological polar surface area (TPSA) is 26.3 Å². The van der Waals surface area contributed by atoms with Crippen LogP contribution in [-0.2, 0) is 16.0 Å². The summed E-state index contributed by atoms with van der Waals surface area (Å²) in [6.07, 6.45) is 2.10. The second kappa shape index (κ2) is 5.43. The summed E-state index contributed by atoms with van der Waals surface area (Å²) in [4.78, 5) is 10.1. The van der Waals surface area contributed by atoms with Gasteiger partial charge in [0.25, 0.3) is 6.47 Å². The quantitative estimate of drug-likeness (QED) is 0.670. The van der Waals surface area contributed by atoms with E-state index in [1.807, 2.05) is 19.1 Å². The average Bonchev–Trinajstić information content (AvgIpc) is 2.20. The van der Waals surface area contributed by atoms with Gasteiger partial charge in [0.05, 0.1) is 0 Å². The molecule has 0 bridgehead atoms. The smallest absolute Gasteiger partial charge is 0.293 e. The first-order chi connectivity index (χ1) is 6.77. The molecule has 76 valence electrons. The molecular weight excluding hydrogens is 176 g/mol. The molecule has 0 unspecified atom stereocenters. The molecule has 0 aliphatic heterocycles. The molecule has 0 heterocycles. The van der Waals surface area contributed by atoms with Crippen molar-refractivity contribution in [3.63, 3.8) is 0 Å². The lowest BCUT2D eigenvalue weighted by atomic mass is 10.1. The summed E-state index contributed by atoms with van der Waals surface area (Å²) in [6.45, 7) is 4.51. The highest BCUT2D eigenvalue weighted by Crippen LogP contribution is 2.16. The van der Waals surface area contributed by atoms with E-state index in [1.54, 1.807) is 0 Å². The van der Waals surface area contributed by atoms with E-state index >= 15 is 0 Å². The SMILES string of the molecule is CCCc1ccc([C@H](C)OC=O)cc1. The third kappa shape index (κ3) is 2.87. The minimum Gasteiger partial charge on any atom is -0.460 e. The van der Waals surface area contributed by atoms with Crippen LogP contribution in [-0.4, -0.2) is 6.47 Å². The van der Waals surface area contributed by atoms with Crippen LogP contribution in [0.1, 0.15) is 37.5 Å². The van der Waals surface area contributed by atoms with E-state index in [9.17, 15) is 4.79 Å². The molecular formula is C12H16O2. The maximum Gasteiger partial charge on any atom is 0.293 e. The van der Waals surface area contributed by atoms with Crippen molar-refractivity contribution in [1.29, 1.82) is 0 Å². The molecule has 0 aromatic heterocycles. The van der Waals surface area contributed by atoms with E-state index < -0.39 is 0 Å². The van der Waals surface area contributed by atoms with E-state index in [-0.39, 0.29) is 6.10 Å². The summed E-state index contributed by atoms with van der Waals surface area (Å²) in [5, 5.41) is 0. The lowest BCUT2D eigenvalue weighted by molar-refractivity contribution is -0.133. The lowest BCUT2D eigenvalue weighted by Gasteiger charge is -2.09. The van der Waals surface area contributed by atoms with Crippen molar-refractivity contribution in [1.82, 2.24) is 0 Å². The predicted octanol–water partition coefficient (Wildman–Crippen LogP) is 2.87. The van der Waals surface area contributed by atoms with E-state index in [1.165, 1.54) is 5.56 Å². The maximum atomic E-state index is 10.1. The number of aryl methyl sites for hydroxylation is 1.